The van der Waals surface area contributed by atoms with Gasteiger partial charge in [0.25, 0.3) is 0 Å². The van der Waals surface area contributed by atoms with E-state index in [1.807, 2.05) is 36.4 Å². The van der Waals surface area contributed by atoms with Crippen LogP contribution in [0.5, 0.6) is 0 Å². The van der Waals surface area contributed by atoms with Crippen molar-refractivity contribution in [2.24, 2.45) is 5.92 Å². The molecule has 0 unspecified atom stereocenters. The summed E-state index contributed by atoms with van der Waals surface area (Å²) in [5.74, 6) is -1.12. The Kier molecular flexibility index (Phi) is 3.53. The van der Waals surface area contributed by atoms with Crippen LogP contribution in [0.15, 0.2) is 48.5 Å². The second-order valence-electron chi connectivity index (χ2n) is 6.83. The second-order valence-corrected chi connectivity index (χ2v) is 6.83. The van der Waals surface area contributed by atoms with Crippen molar-refractivity contribution in [1.82, 2.24) is 5.32 Å². The molecule has 1 amide bonds. The van der Waals surface area contributed by atoms with E-state index in [0.717, 1.165) is 22.3 Å². The van der Waals surface area contributed by atoms with Gasteiger partial charge in [0.1, 0.15) is 12.1 Å². The number of aliphatic carboxylic acids is 1. The molecule has 128 valence electrons. The summed E-state index contributed by atoms with van der Waals surface area (Å²) in [6.07, 6.45) is -0.236. The summed E-state index contributed by atoms with van der Waals surface area (Å²) in [6.45, 7) is 1.99. The molecule has 0 bridgehead atoms. The Balaban J connectivity index is 1.50. The Morgan fingerprint density at radius 2 is 1.64 bits per heavy atom. The SMILES string of the molecule is C[C@H]1C[C@]1(NC(=O)OCC1c2ccccc2-c2ccccc21)C(=O)O. The van der Waals surface area contributed by atoms with Gasteiger partial charge in [-0.25, -0.2) is 9.59 Å². The Morgan fingerprint density at radius 3 is 2.12 bits per heavy atom. The van der Waals surface area contributed by atoms with Gasteiger partial charge < -0.3 is 15.2 Å². The van der Waals surface area contributed by atoms with Crippen LogP contribution in [0, 0.1) is 5.92 Å². The van der Waals surface area contributed by atoms with Gasteiger partial charge in [-0.1, -0.05) is 55.5 Å². The standard InChI is InChI=1S/C20H19NO4/c1-12-10-20(12,18(22)23)21-19(24)25-11-17-15-8-4-2-6-13(15)14-7-3-5-9-16(14)17/h2-9,12,17H,10-11H2,1H3,(H,21,24)(H,22,23)/t12-,20+/m0/s1. The molecular weight excluding hydrogens is 318 g/mol. The van der Waals surface area contributed by atoms with Crippen molar-refractivity contribution in [3.63, 3.8) is 0 Å². The van der Waals surface area contributed by atoms with Crippen LogP contribution in [0.4, 0.5) is 4.79 Å². The highest BCUT2D eigenvalue weighted by atomic mass is 16.5. The van der Waals surface area contributed by atoms with Crippen molar-refractivity contribution < 1.29 is 19.4 Å². The molecule has 0 radical (unpaired) electrons. The lowest BCUT2D eigenvalue weighted by molar-refractivity contribution is -0.141. The summed E-state index contributed by atoms with van der Waals surface area (Å²) in [5, 5.41) is 11.8. The number of carboxylic acid groups (broad SMARTS) is 1. The fourth-order valence-corrected chi connectivity index (χ4v) is 3.77. The van der Waals surface area contributed by atoms with E-state index in [0.29, 0.717) is 6.42 Å². The lowest BCUT2D eigenvalue weighted by atomic mass is 9.98. The molecule has 0 saturated heterocycles. The van der Waals surface area contributed by atoms with E-state index in [1.54, 1.807) is 6.92 Å². The maximum atomic E-state index is 12.1. The van der Waals surface area contributed by atoms with Crippen molar-refractivity contribution in [3.05, 3.63) is 59.7 Å². The number of fused-ring (bicyclic) bond motifs is 3. The number of nitrogens with one attached hydrogen (secondary N) is 1. The van der Waals surface area contributed by atoms with E-state index >= 15 is 0 Å². The molecule has 2 atom stereocenters. The van der Waals surface area contributed by atoms with Crippen molar-refractivity contribution in [3.8, 4) is 11.1 Å². The van der Waals surface area contributed by atoms with Gasteiger partial charge in [-0.2, -0.15) is 0 Å². The Bertz CT molecular complexity index is 817. The molecule has 4 rings (SSSR count). The average molecular weight is 337 g/mol. The lowest BCUT2D eigenvalue weighted by Gasteiger charge is -2.17. The van der Waals surface area contributed by atoms with Crippen LogP contribution >= 0.6 is 0 Å². The number of carbonyl (C=O) groups excluding carboxylic acids is 1. The van der Waals surface area contributed by atoms with E-state index < -0.39 is 17.6 Å². The fourth-order valence-electron chi connectivity index (χ4n) is 3.77. The van der Waals surface area contributed by atoms with E-state index in [-0.39, 0.29) is 18.4 Å². The van der Waals surface area contributed by atoms with Crippen LogP contribution in [-0.4, -0.2) is 29.3 Å². The molecule has 1 saturated carbocycles. The van der Waals surface area contributed by atoms with E-state index in [1.165, 1.54) is 0 Å². The van der Waals surface area contributed by atoms with Gasteiger partial charge in [-0.3, -0.25) is 0 Å². The summed E-state index contributed by atoms with van der Waals surface area (Å²) in [6, 6.07) is 16.2. The number of benzene rings is 2. The Morgan fingerprint density at radius 1 is 1.12 bits per heavy atom. The molecule has 2 aliphatic carbocycles. The summed E-state index contributed by atoms with van der Waals surface area (Å²) in [7, 11) is 0. The predicted molar refractivity (Wildman–Crippen MR) is 92.4 cm³/mol. The van der Waals surface area contributed by atoms with Crippen LogP contribution in [0.1, 0.15) is 30.4 Å². The maximum Gasteiger partial charge on any atom is 0.408 e. The molecule has 5 heteroatoms. The number of ether oxygens (including phenoxy) is 1. The van der Waals surface area contributed by atoms with Gasteiger partial charge in [-0.05, 0) is 34.6 Å². The topological polar surface area (TPSA) is 75.6 Å². The molecule has 0 aromatic heterocycles. The quantitative estimate of drug-likeness (QED) is 0.897. The van der Waals surface area contributed by atoms with Crippen molar-refractivity contribution in [2.75, 3.05) is 6.61 Å². The number of rotatable bonds is 4. The summed E-state index contributed by atoms with van der Waals surface area (Å²) >= 11 is 0. The molecule has 5 nitrogen and oxygen atoms in total. The molecule has 1 fully saturated rings. The molecule has 2 aromatic rings. The normalized spacial score (nSPS) is 23.5. The summed E-state index contributed by atoms with van der Waals surface area (Å²) in [4.78, 5) is 23.5. The van der Waals surface area contributed by atoms with Gasteiger partial charge in [0.05, 0.1) is 0 Å². The molecule has 0 heterocycles. The second kappa shape index (κ2) is 5.62. The van der Waals surface area contributed by atoms with Gasteiger partial charge in [0.15, 0.2) is 0 Å². The van der Waals surface area contributed by atoms with Gasteiger partial charge >= 0.3 is 12.1 Å². The highest BCUT2D eigenvalue weighted by Gasteiger charge is 2.59. The van der Waals surface area contributed by atoms with Crippen LogP contribution in [0.25, 0.3) is 11.1 Å². The number of alkyl carbamates (subject to hydrolysis) is 1. The highest BCUT2D eigenvalue weighted by molar-refractivity contribution is 5.88. The lowest BCUT2D eigenvalue weighted by Crippen LogP contribution is -2.45. The predicted octanol–water partition coefficient (Wildman–Crippen LogP) is 3.39. The van der Waals surface area contributed by atoms with Crippen molar-refractivity contribution >= 4 is 12.1 Å². The largest absolute Gasteiger partial charge is 0.479 e. The highest BCUT2D eigenvalue weighted by Crippen LogP contribution is 2.45. The minimum atomic E-state index is -1.16. The number of carboxylic acids is 1. The first-order chi connectivity index (χ1) is 12.0. The van der Waals surface area contributed by atoms with E-state index in [4.69, 9.17) is 4.74 Å². The Labute approximate surface area is 145 Å². The number of hydrogen-bond acceptors (Lipinski definition) is 3. The summed E-state index contributed by atoms with van der Waals surface area (Å²) < 4.78 is 5.40. The minimum absolute atomic E-state index is 0.0319. The average Bonchev–Trinajstić information content (AvgIpc) is 3.15. The van der Waals surface area contributed by atoms with E-state index in [9.17, 15) is 14.7 Å². The van der Waals surface area contributed by atoms with Gasteiger partial charge in [-0.15, -0.1) is 0 Å². The zero-order chi connectivity index (χ0) is 17.6. The third-order valence-electron chi connectivity index (χ3n) is 5.36. The maximum absolute atomic E-state index is 12.1. The first kappa shape index (κ1) is 15.7. The Hall–Kier alpha value is -2.82. The third kappa shape index (κ3) is 2.47. The fraction of sp³-hybridized carbons (Fsp3) is 0.300. The summed E-state index contributed by atoms with van der Waals surface area (Å²) in [5.41, 5.74) is 3.41. The first-order valence-electron chi connectivity index (χ1n) is 8.39. The van der Waals surface area contributed by atoms with Crippen LogP contribution in [-0.2, 0) is 9.53 Å². The van der Waals surface area contributed by atoms with Crippen molar-refractivity contribution in [1.29, 1.82) is 0 Å². The first-order valence-corrected chi connectivity index (χ1v) is 8.39. The molecule has 2 aromatic carbocycles. The van der Waals surface area contributed by atoms with Gasteiger partial charge in [0, 0.05) is 5.92 Å². The molecule has 2 aliphatic rings. The van der Waals surface area contributed by atoms with E-state index in [2.05, 4.69) is 17.4 Å². The zero-order valence-corrected chi connectivity index (χ0v) is 13.9. The number of hydrogen-bond donors (Lipinski definition) is 2. The number of amides is 1. The molecule has 25 heavy (non-hydrogen) atoms. The molecule has 2 N–H and O–H groups in total. The molecule has 0 spiro atoms. The smallest absolute Gasteiger partial charge is 0.408 e. The monoisotopic (exact) mass is 337 g/mol. The van der Waals surface area contributed by atoms with Crippen LogP contribution < -0.4 is 5.32 Å². The third-order valence-corrected chi connectivity index (χ3v) is 5.36. The minimum Gasteiger partial charge on any atom is -0.479 e. The number of carbonyl (C=O) groups is 2. The van der Waals surface area contributed by atoms with Crippen LogP contribution in [0.2, 0.25) is 0 Å². The van der Waals surface area contributed by atoms with Crippen LogP contribution in [0.3, 0.4) is 0 Å². The zero-order valence-electron chi connectivity index (χ0n) is 13.9. The molecule has 0 aliphatic heterocycles. The van der Waals surface area contributed by atoms with Crippen molar-refractivity contribution in [2.45, 2.75) is 24.8 Å². The van der Waals surface area contributed by atoms with Gasteiger partial charge in [0.2, 0.25) is 0 Å². The molecular formula is C20H19NO4.